The Kier molecular flexibility index (Phi) is 4.01. The molecule has 3 fully saturated rings. The summed E-state index contributed by atoms with van der Waals surface area (Å²) in [5.41, 5.74) is 0.450. The van der Waals surface area contributed by atoms with E-state index in [4.69, 9.17) is 0 Å². The molecular weight excluding hydrogens is 260 g/mol. The van der Waals surface area contributed by atoms with E-state index >= 15 is 0 Å². The van der Waals surface area contributed by atoms with Crippen LogP contribution in [0.5, 0.6) is 0 Å². The number of halogens is 2. The van der Waals surface area contributed by atoms with Gasteiger partial charge in [-0.25, -0.2) is 8.78 Å². The number of hydrogen-bond donors (Lipinski definition) is 1. The summed E-state index contributed by atoms with van der Waals surface area (Å²) in [7, 11) is 0. The van der Waals surface area contributed by atoms with E-state index in [0.717, 1.165) is 39.3 Å². The molecule has 110 valence electrons. The second kappa shape index (κ2) is 5.76. The number of rotatable bonds is 4. The summed E-state index contributed by atoms with van der Waals surface area (Å²) in [6.45, 7) is 7.87. The summed E-state index contributed by atoms with van der Waals surface area (Å²) >= 11 is 0. The van der Waals surface area contributed by atoms with Gasteiger partial charge in [-0.2, -0.15) is 0 Å². The Morgan fingerprint density at radius 2 is 2.00 bits per heavy atom. The average Bonchev–Trinajstić information content (AvgIpc) is 2.49. The van der Waals surface area contributed by atoms with Gasteiger partial charge in [0.05, 0.1) is 6.04 Å². The summed E-state index contributed by atoms with van der Waals surface area (Å²) < 4.78 is 27.6. The van der Waals surface area contributed by atoms with Crippen molar-refractivity contribution in [3.05, 3.63) is 35.4 Å². The molecule has 0 saturated carbocycles. The van der Waals surface area contributed by atoms with Gasteiger partial charge in [-0.1, -0.05) is 6.92 Å². The lowest BCUT2D eigenvalue weighted by Gasteiger charge is -2.50. The van der Waals surface area contributed by atoms with Gasteiger partial charge in [0.2, 0.25) is 0 Å². The normalized spacial score (nSPS) is 30.4. The highest BCUT2D eigenvalue weighted by atomic mass is 19.1. The monoisotopic (exact) mass is 281 g/mol. The molecule has 0 aromatic heterocycles. The highest BCUT2D eigenvalue weighted by Crippen LogP contribution is 2.29. The Hall–Kier alpha value is -1.04. The van der Waals surface area contributed by atoms with Crippen molar-refractivity contribution in [2.75, 3.05) is 39.3 Å². The van der Waals surface area contributed by atoms with Crippen molar-refractivity contribution in [3.63, 3.8) is 0 Å². The zero-order valence-electron chi connectivity index (χ0n) is 11.8. The fourth-order valence-corrected chi connectivity index (χ4v) is 3.40. The van der Waals surface area contributed by atoms with E-state index in [-0.39, 0.29) is 23.7 Å². The van der Waals surface area contributed by atoms with Crippen LogP contribution >= 0.6 is 0 Å². The standard InChI is InChI=1S/C15H21F2N3/c1-2-18-15(12-9-11(16)3-4-13(12)17)14-10-19-5-7-20(14)8-6-19/h3-4,9,14-15,18H,2,5-8,10H2,1H3. The first kappa shape index (κ1) is 13.9. The molecule has 1 aromatic carbocycles. The first-order valence-electron chi connectivity index (χ1n) is 7.33. The predicted molar refractivity (Wildman–Crippen MR) is 74.6 cm³/mol. The zero-order chi connectivity index (χ0) is 14.1. The van der Waals surface area contributed by atoms with Crippen LogP contribution in [0.4, 0.5) is 8.78 Å². The van der Waals surface area contributed by atoms with Crippen molar-refractivity contribution in [2.24, 2.45) is 0 Å². The van der Waals surface area contributed by atoms with Gasteiger partial charge in [0.1, 0.15) is 11.6 Å². The Balaban J connectivity index is 1.90. The largest absolute Gasteiger partial charge is 0.309 e. The molecule has 2 atom stereocenters. The van der Waals surface area contributed by atoms with E-state index in [1.165, 1.54) is 18.2 Å². The summed E-state index contributed by atoms with van der Waals surface area (Å²) in [6.07, 6.45) is 0. The lowest BCUT2D eigenvalue weighted by Crippen LogP contribution is -2.64. The van der Waals surface area contributed by atoms with Gasteiger partial charge in [0.25, 0.3) is 0 Å². The molecular formula is C15H21F2N3. The molecule has 3 nitrogen and oxygen atoms in total. The summed E-state index contributed by atoms with van der Waals surface area (Å²) in [4.78, 5) is 4.81. The average molecular weight is 281 g/mol. The van der Waals surface area contributed by atoms with Crippen LogP contribution in [0.1, 0.15) is 18.5 Å². The third-order valence-electron chi connectivity index (χ3n) is 4.42. The van der Waals surface area contributed by atoms with Crippen LogP contribution in [-0.2, 0) is 0 Å². The van der Waals surface area contributed by atoms with Crippen molar-refractivity contribution >= 4 is 0 Å². The van der Waals surface area contributed by atoms with Crippen LogP contribution in [0.2, 0.25) is 0 Å². The number of nitrogens with zero attached hydrogens (tertiary/aromatic N) is 2. The highest BCUT2D eigenvalue weighted by Gasteiger charge is 2.38. The van der Waals surface area contributed by atoms with Crippen LogP contribution in [-0.4, -0.2) is 55.1 Å². The molecule has 0 amide bonds. The minimum Gasteiger partial charge on any atom is -0.309 e. The van der Waals surface area contributed by atoms with Gasteiger partial charge in [0, 0.05) is 44.3 Å². The smallest absolute Gasteiger partial charge is 0.128 e. The van der Waals surface area contributed by atoms with Crippen LogP contribution < -0.4 is 5.32 Å². The van der Waals surface area contributed by atoms with Gasteiger partial charge in [-0.3, -0.25) is 9.80 Å². The molecule has 4 rings (SSSR count). The number of hydrogen-bond acceptors (Lipinski definition) is 3. The number of likely N-dealkylation sites (N-methyl/N-ethyl adjacent to an activating group) is 1. The van der Waals surface area contributed by atoms with Crippen LogP contribution in [0.15, 0.2) is 18.2 Å². The first-order chi connectivity index (χ1) is 9.69. The molecule has 2 bridgehead atoms. The van der Waals surface area contributed by atoms with Crippen molar-refractivity contribution in [3.8, 4) is 0 Å². The van der Waals surface area contributed by atoms with E-state index in [1.807, 2.05) is 6.92 Å². The molecule has 2 unspecified atom stereocenters. The van der Waals surface area contributed by atoms with Crippen LogP contribution in [0.3, 0.4) is 0 Å². The van der Waals surface area contributed by atoms with Gasteiger partial charge in [-0.15, -0.1) is 0 Å². The molecule has 1 N–H and O–H groups in total. The van der Waals surface area contributed by atoms with Crippen LogP contribution in [0, 0.1) is 11.6 Å². The third-order valence-corrected chi connectivity index (χ3v) is 4.42. The molecule has 3 saturated heterocycles. The van der Waals surface area contributed by atoms with E-state index < -0.39 is 0 Å². The highest BCUT2D eigenvalue weighted by molar-refractivity contribution is 5.24. The molecule has 20 heavy (non-hydrogen) atoms. The molecule has 0 radical (unpaired) electrons. The summed E-state index contributed by atoms with van der Waals surface area (Å²) in [5, 5.41) is 3.35. The molecule has 0 aliphatic carbocycles. The molecule has 3 aliphatic heterocycles. The molecule has 0 spiro atoms. The quantitative estimate of drug-likeness (QED) is 0.904. The maximum absolute atomic E-state index is 14.1. The molecule has 5 heteroatoms. The van der Waals surface area contributed by atoms with Gasteiger partial charge >= 0.3 is 0 Å². The lowest BCUT2D eigenvalue weighted by atomic mass is 9.93. The van der Waals surface area contributed by atoms with Crippen LogP contribution in [0.25, 0.3) is 0 Å². The Morgan fingerprint density at radius 3 is 2.60 bits per heavy atom. The van der Waals surface area contributed by atoms with E-state index in [2.05, 4.69) is 15.1 Å². The van der Waals surface area contributed by atoms with Crippen molar-refractivity contribution in [1.29, 1.82) is 0 Å². The third kappa shape index (κ3) is 2.57. The van der Waals surface area contributed by atoms with Gasteiger partial charge < -0.3 is 5.32 Å². The minimum absolute atomic E-state index is 0.154. The SMILES string of the molecule is CCNC(c1cc(F)ccc1F)C1CN2CCN1CC2. The molecule has 1 aromatic rings. The zero-order valence-corrected chi connectivity index (χ0v) is 11.8. The fourth-order valence-electron chi connectivity index (χ4n) is 3.40. The molecule has 3 heterocycles. The van der Waals surface area contributed by atoms with E-state index in [0.29, 0.717) is 5.56 Å². The van der Waals surface area contributed by atoms with E-state index in [9.17, 15) is 8.78 Å². The maximum Gasteiger partial charge on any atom is 0.128 e. The van der Waals surface area contributed by atoms with Gasteiger partial charge in [0.15, 0.2) is 0 Å². The predicted octanol–water partition coefficient (Wildman–Crippen LogP) is 1.62. The second-order valence-electron chi connectivity index (χ2n) is 5.61. The topological polar surface area (TPSA) is 18.5 Å². The second-order valence-corrected chi connectivity index (χ2v) is 5.61. The van der Waals surface area contributed by atoms with Gasteiger partial charge in [-0.05, 0) is 24.7 Å². The van der Waals surface area contributed by atoms with Crippen molar-refractivity contribution < 1.29 is 8.78 Å². The minimum atomic E-state index is -0.374. The number of piperazine rings is 3. The number of benzene rings is 1. The van der Waals surface area contributed by atoms with Crippen molar-refractivity contribution in [2.45, 2.75) is 19.0 Å². The Morgan fingerprint density at radius 1 is 1.25 bits per heavy atom. The summed E-state index contributed by atoms with van der Waals surface area (Å²) in [6, 6.07) is 3.80. The Bertz CT molecular complexity index is 472. The summed E-state index contributed by atoms with van der Waals surface area (Å²) in [5.74, 6) is -0.699. The fraction of sp³-hybridized carbons (Fsp3) is 0.600. The molecule has 3 aliphatic rings. The number of nitrogens with one attached hydrogen (secondary N) is 1. The van der Waals surface area contributed by atoms with Crippen molar-refractivity contribution in [1.82, 2.24) is 15.1 Å². The first-order valence-corrected chi connectivity index (χ1v) is 7.33. The Labute approximate surface area is 118 Å². The lowest BCUT2D eigenvalue weighted by molar-refractivity contribution is -0.00397. The maximum atomic E-state index is 14.1. The number of fused-ring (bicyclic) bond motifs is 3. The van der Waals surface area contributed by atoms with E-state index in [1.54, 1.807) is 0 Å².